The molecule has 0 aromatic heterocycles. The number of fused-ring (bicyclic) bond motifs is 1. The van der Waals surface area contributed by atoms with Gasteiger partial charge in [-0.25, -0.2) is 0 Å². The van der Waals surface area contributed by atoms with E-state index in [0.717, 1.165) is 44.7 Å². The van der Waals surface area contributed by atoms with Gasteiger partial charge in [-0.2, -0.15) is 0 Å². The molecule has 212 valence electrons. The number of rotatable bonds is 10. The van der Waals surface area contributed by atoms with Crippen LogP contribution in [0.25, 0.3) is 0 Å². The zero-order valence-corrected chi connectivity index (χ0v) is 23.8. The van der Waals surface area contributed by atoms with E-state index in [1.165, 1.54) is 7.11 Å². The molecule has 10 heteroatoms. The summed E-state index contributed by atoms with van der Waals surface area (Å²) in [5.41, 5.74) is 1.79. The molecule has 1 N–H and O–H groups in total. The molecule has 2 aliphatic rings. The summed E-state index contributed by atoms with van der Waals surface area (Å²) >= 11 is 0. The molecule has 2 amide bonds. The fourth-order valence-corrected chi connectivity index (χ4v) is 5.48. The molecule has 0 aliphatic carbocycles. The molecule has 2 aromatic carbocycles. The van der Waals surface area contributed by atoms with E-state index in [-0.39, 0.29) is 11.8 Å². The number of carbonyl (C=O) groups is 2. The first-order chi connectivity index (χ1) is 18.8. The predicted molar refractivity (Wildman–Crippen MR) is 148 cm³/mol. The summed E-state index contributed by atoms with van der Waals surface area (Å²) < 4.78 is 21.9. The number of piperazine rings is 1. The molecule has 0 saturated carbocycles. The van der Waals surface area contributed by atoms with Crippen LogP contribution in [-0.2, 0) is 4.79 Å². The second-order valence-corrected chi connectivity index (χ2v) is 10.0. The monoisotopic (exact) mass is 540 g/mol. The molecule has 0 unspecified atom stereocenters. The minimum absolute atomic E-state index is 0.152. The van der Waals surface area contributed by atoms with E-state index in [0.29, 0.717) is 40.7 Å². The normalized spacial score (nSPS) is 19.8. The number of nitrogens with one attached hydrogen (secondary N) is 1. The molecule has 1 fully saturated rings. The van der Waals surface area contributed by atoms with Crippen LogP contribution < -0.4 is 24.3 Å². The second kappa shape index (κ2) is 12.6. The van der Waals surface area contributed by atoms with Gasteiger partial charge in [0.15, 0.2) is 23.0 Å². The number of ether oxygens (including phenoxy) is 4. The fraction of sp³-hybridized carbons (Fsp3) is 0.517. The van der Waals surface area contributed by atoms with Crippen molar-refractivity contribution in [1.82, 2.24) is 20.0 Å². The van der Waals surface area contributed by atoms with Gasteiger partial charge in [0.05, 0.1) is 40.4 Å². The van der Waals surface area contributed by atoms with Gasteiger partial charge in [-0.15, -0.1) is 0 Å². The number of hydrogen-bond donors (Lipinski definition) is 1. The quantitative estimate of drug-likeness (QED) is 0.460. The van der Waals surface area contributed by atoms with Crippen LogP contribution in [0.1, 0.15) is 39.9 Å². The third kappa shape index (κ3) is 5.91. The Kier molecular flexibility index (Phi) is 9.19. The Morgan fingerprint density at radius 3 is 2.13 bits per heavy atom. The van der Waals surface area contributed by atoms with Gasteiger partial charge in [0.1, 0.15) is 0 Å². The number of likely N-dealkylation sites (N-methyl/N-ethyl adjacent to an activating group) is 2. The van der Waals surface area contributed by atoms with E-state index in [2.05, 4.69) is 22.2 Å². The summed E-state index contributed by atoms with van der Waals surface area (Å²) in [6.45, 7) is 5.67. The van der Waals surface area contributed by atoms with Crippen LogP contribution in [0.15, 0.2) is 30.3 Å². The molecule has 0 spiro atoms. The van der Waals surface area contributed by atoms with E-state index in [9.17, 15) is 9.59 Å². The maximum atomic E-state index is 13.9. The number of carbonyl (C=O) groups excluding carboxylic acids is 2. The molecular formula is C29H40N4O6. The third-order valence-corrected chi connectivity index (χ3v) is 7.75. The minimum Gasteiger partial charge on any atom is -0.493 e. The lowest BCUT2D eigenvalue weighted by atomic mass is 9.79. The molecule has 0 radical (unpaired) electrons. The van der Waals surface area contributed by atoms with Crippen LogP contribution in [0.2, 0.25) is 0 Å². The zero-order valence-electron chi connectivity index (χ0n) is 23.8. The van der Waals surface area contributed by atoms with Crippen molar-refractivity contribution in [3.05, 3.63) is 47.0 Å². The number of nitrogens with zero attached hydrogens (tertiary/aromatic N) is 3. The zero-order chi connectivity index (χ0) is 28.1. The van der Waals surface area contributed by atoms with Gasteiger partial charge in [0.25, 0.3) is 5.91 Å². The van der Waals surface area contributed by atoms with Crippen molar-refractivity contribution in [2.45, 2.75) is 18.4 Å². The summed E-state index contributed by atoms with van der Waals surface area (Å²) in [6, 6.07) is 8.33. The van der Waals surface area contributed by atoms with Crippen LogP contribution in [0.3, 0.4) is 0 Å². The first-order valence-electron chi connectivity index (χ1n) is 13.3. The average Bonchev–Trinajstić information content (AvgIpc) is 2.96. The molecule has 1 saturated heterocycles. The van der Waals surface area contributed by atoms with Crippen molar-refractivity contribution in [1.29, 1.82) is 0 Å². The topological polar surface area (TPSA) is 92.8 Å². The summed E-state index contributed by atoms with van der Waals surface area (Å²) in [5.74, 6) is 0.972. The van der Waals surface area contributed by atoms with Gasteiger partial charge in [-0.05, 0) is 55.4 Å². The van der Waals surface area contributed by atoms with E-state index >= 15 is 0 Å². The Balaban J connectivity index is 1.66. The molecule has 10 nitrogen and oxygen atoms in total. The number of hydrogen-bond acceptors (Lipinski definition) is 8. The Morgan fingerprint density at radius 1 is 0.872 bits per heavy atom. The highest BCUT2D eigenvalue weighted by Crippen LogP contribution is 2.46. The van der Waals surface area contributed by atoms with Crippen molar-refractivity contribution in [3.63, 3.8) is 0 Å². The highest BCUT2D eigenvalue weighted by molar-refractivity contribution is 6.02. The van der Waals surface area contributed by atoms with Crippen molar-refractivity contribution < 1.29 is 28.5 Å². The molecule has 2 heterocycles. The molecule has 4 rings (SSSR count). The highest BCUT2D eigenvalue weighted by Gasteiger charge is 2.43. The van der Waals surface area contributed by atoms with Gasteiger partial charge < -0.3 is 39.0 Å². The molecule has 39 heavy (non-hydrogen) atoms. The van der Waals surface area contributed by atoms with Crippen molar-refractivity contribution in [2.75, 3.05) is 81.8 Å². The van der Waals surface area contributed by atoms with Crippen molar-refractivity contribution in [3.8, 4) is 23.0 Å². The van der Waals surface area contributed by atoms with Crippen LogP contribution in [0.4, 0.5) is 0 Å². The number of amides is 2. The maximum Gasteiger partial charge on any atom is 0.254 e. The molecule has 2 aromatic rings. The summed E-state index contributed by atoms with van der Waals surface area (Å²) in [7, 11) is 10.1. The molecule has 2 aliphatic heterocycles. The SMILES string of the molecule is COc1ccc([C@H]2[C@H](C(=O)NCCCN3CCN(C)CC3)c3cc(OC)c(OC)cc3C(=O)N2C)cc1OC. The Morgan fingerprint density at radius 2 is 1.49 bits per heavy atom. The summed E-state index contributed by atoms with van der Waals surface area (Å²) in [4.78, 5) is 33.9. The third-order valence-electron chi connectivity index (χ3n) is 7.75. The summed E-state index contributed by atoms with van der Waals surface area (Å²) in [6.07, 6.45) is 0.844. The van der Waals surface area contributed by atoms with E-state index < -0.39 is 12.0 Å². The van der Waals surface area contributed by atoms with Crippen molar-refractivity contribution in [2.24, 2.45) is 0 Å². The van der Waals surface area contributed by atoms with Gasteiger partial charge in [0, 0.05) is 45.3 Å². The Bertz CT molecular complexity index is 1180. The molecular weight excluding hydrogens is 500 g/mol. The predicted octanol–water partition coefficient (Wildman–Crippen LogP) is 2.39. The van der Waals surface area contributed by atoms with Gasteiger partial charge in [-0.3, -0.25) is 9.59 Å². The lowest BCUT2D eigenvalue weighted by Gasteiger charge is -2.40. The van der Waals surface area contributed by atoms with E-state index in [4.69, 9.17) is 18.9 Å². The first kappa shape index (κ1) is 28.5. The van der Waals surface area contributed by atoms with E-state index in [1.54, 1.807) is 51.5 Å². The molecule has 2 atom stereocenters. The fourth-order valence-electron chi connectivity index (χ4n) is 5.48. The number of methoxy groups -OCH3 is 4. The lowest BCUT2D eigenvalue weighted by molar-refractivity contribution is -0.124. The molecule has 0 bridgehead atoms. The maximum absolute atomic E-state index is 13.9. The van der Waals surface area contributed by atoms with Gasteiger partial charge in [-0.1, -0.05) is 6.07 Å². The average molecular weight is 541 g/mol. The van der Waals surface area contributed by atoms with Crippen LogP contribution in [0.5, 0.6) is 23.0 Å². The smallest absolute Gasteiger partial charge is 0.254 e. The first-order valence-corrected chi connectivity index (χ1v) is 13.3. The second-order valence-electron chi connectivity index (χ2n) is 10.0. The lowest BCUT2D eigenvalue weighted by Crippen LogP contribution is -2.47. The van der Waals surface area contributed by atoms with E-state index in [1.807, 2.05) is 12.1 Å². The Labute approximate surface area is 230 Å². The van der Waals surface area contributed by atoms with Crippen LogP contribution >= 0.6 is 0 Å². The largest absolute Gasteiger partial charge is 0.493 e. The number of benzene rings is 2. The highest BCUT2D eigenvalue weighted by atomic mass is 16.5. The minimum atomic E-state index is -0.677. The van der Waals surface area contributed by atoms with Gasteiger partial charge in [0.2, 0.25) is 5.91 Å². The van der Waals surface area contributed by atoms with Crippen LogP contribution in [0, 0.1) is 0 Å². The van der Waals surface area contributed by atoms with Gasteiger partial charge >= 0.3 is 0 Å². The Hall–Kier alpha value is -3.50. The summed E-state index contributed by atoms with van der Waals surface area (Å²) in [5, 5.41) is 3.15. The standard InChI is InChI=1S/C29H40N4O6/c1-31-12-14-33(15-13-31)11-7-10-30-28(34)26-20-17-24(38-5)25(39-6)18-21(20)29(35)32(2)27(26)19-8-9-22(36-3)23(16-19)37-4/h8-9,16-18,26-27H,7,10-15H2,1-6H3,(H,30,34)/t26-,27+/m1/s1. The van der Waals surface area contributed by atoms with Crippen LogP contribution in [-0.4, -0.2) is 108 Å². The van der Waals surface area contributed by atoms with Crippen molar-refractivity contribution >= 4 is 11.8 Å².